The van der Waals surface area contributed by atoms with E-state index in [-0.39, 0.29) is 30.2 Å². The van der Waals surface area contributed by atoms with Gasteiger partial charge in [-0.3, -0.25) is 14.7 Å². The number of nitrogens with two attached hydrogens (primary N) is 1. The first-order valence-corrected chi connectivity index (χ1v) is 8.11. The number of nitro groups is 1. The number of phenols is 1. The summed E-state index contributed by atoms with van der Waals surface area (Å²) in [6.45, 7) is 3.34. The lowest BCUT2D eigenvalue weighted by atomic mass is 10.1. The number of hydrogen-bond acceptors (Lipinski definition) is 8. The molecule has 9 nitrogen and oxygen atoms in total. The SMILES string of the molecule is CCOP(=O)(OCC)[C@@H](N)c1cc([N+](=O)[O-])cc(OC)c1O. The fraction of sp³-hybridized carbons (Fsp3) is 0.500. The van der Waals surface area contributed by atoms with Crippen LogP contribution < -0.4 is 10.5 Å². The molecule has 0 radical (unpaired) electrons. The second-order valence-corrected chi connectivity index (χ2v) is 6.32. The van der Waals surface area contributed by atoms with Gasteiger partial charge < -0.3 is 24.6 Å². The van der Waals surface area contributed by atoms with Gasteiger partial charge in [0, 0.05) is 11.6 Å². The fourth-order valence-corrected chi connectivity index (χ4v) is 3.48. The van der Waals surface area contributed by atoms with Gasteiger partial charge in [-0.1, -0.05) is 0 Å². The van der Waals surface area contributed by atoms with Gasteiger partial charge in [0.25, 0.3) is 5.69 Å². The number of nitro benzene ring substituents is 1. The van der Waals surface area contributed by atoms with Crippen molar-refractivity contribution in [1.29, 1.82) is 0 Å². The summed E-state index contributed by atoms with van der Waals surface area (Å²) in [5.74, 6) is -1.99. The average molecular weight is 334 g/mol. The molecule has 0 aliphatic heterocycles. The summed E-state index contributed by atoms with van der Waals surface area (Å²) in [6.07, 6.45) is 0. The zero-order valence-corrected chi connectivity index (χ0v) is 13.4. The number of benzene rings is 1. The number of hydrogen-bond donors (Lipinski definition) is 2. The number of non-ortho nitro benzene ring substituents is 1. The molecule has 0 spiro atoms. The van der Waals surface area contributed by atoms with E-state index >= 15 is 0 Å². The molecule has 1 aromatic carbocycles. The minimum absolute atomic E-state index is 0.0673. The summed E-state index contributed by atoms with van der Waals surface area (Å²) in [5.41, 5.74) is 5.38. The molecule has 3 N–H and O–H groups in total. The van der Waals surface area contributed by atoms with E-state index in [2.05, 4.69) is 0 Å². The summed E-state index contributed by atoms with van der Waals surface area (Å²) in [6, 6.07) is 2.06. The Morgan fingerprint density at radius 1 is 1.36 bits per heavy atom. The smallest absolute Gasteiger partial charge is 0.351 e. The lowest BCUT2D eigenvalue weighted by Gasteiger charge is -2.24. The predicted molar refractivity (Wildman–Crippen MR) is 79.1 cm³/mol. The molecular weight excluding hydrogens is 315 g/mol. The van der Waals surface area contributed by atoms with Gasteiger partial charge >= 0.3 is 7.60 Å². The molecule has 0 saturated heterocycles. The average Bonchev–Trinajstić information content (AvgIpc) is 2.47. The second-order valence-electron chi connectivity index (χ2n) is 4.16. The van der Waals surface area contributed by atoms with Crippen LogP contribution in [0.1, 0.15) is 25.2 Å². The van der Waals surface area contributed by atoms with Gasteiger partial charge in [-0.05, 0) is 13.8 Å². The van der Waals surface area contributed by atoms with Crippen LogP contribution in [0.3, 0.4) is 0 Å². The predicted octanol–water partition coefficient (Wildman–Crippen LogP) is 2.53. The molecule has 1 aromatic rings. The van der Waals surface area contributed by atoms with Crippen molar-refractivity contribution >= 4 is 13.3 Å². The maximum absolute atomic E-state index is 12.7. The van der Waals surface area contributed by atoms with E-state index in [4.69, 9.17) is 19.5 Å². The fourth-order valence-electron chi connectivity index (χ4n) is 1.83. The Labute approximate surface area is 127 Å². The zero-order chi connectivity index (χ0) is 16.9. The van der Waals surface area contributed by atoms with E-state index in [1.54, 1.807) is 13.8 Å². The van der Waals surface area contributed by atoms with Crippen LogP contribution in [-0.2, 0) is 13.6 Å². The highest BCUT2D eigenvalue weighted by Gasteiger charge is 2.37. The Kier molecular flexibility index (Phi) is 6.31. The van der Waals surface area contributed by atoms with Crippen molar-refractivity contribution in [2.45, 2.75) is 19.6 Å². The van der Waals surface area contributed by atoms with Crippen LogP contribution in [0.25, 0.3) is 0 Å². The Morgan fingerprint density at radius 2 is 1.91 bits per heavy atom. The molecule has 0 bridgehead atoms. The first-order chi connectivity index (χ1) is 10.3. The van der Waals surface area contributed by atoms with E-state index in [0.717, 1.165) is 12.1 Å². The van der Waals surface area contributed by atoms with Gasteiger partial charge in [0.15, 0.2) is 11.5 Å². The van der Waals surface area contributed by atoms with Gasteiger partial charge in [-0.15, -0.1) is 0 Å². The van der Waals surface area contributed by atoms with Gasteiger partial charge in [-0.2, -0.15) is 0 Å². The van der Waals surface area contributed by atoms with Crippen molar-refractivity contribution in [1.82, 2.24) is 0 Å². The highest BCUT2D eigenvalue weighted by atomic mass is 31.2. The molecule has 0 aliphatic carbocycles. The highest BCUT2D eigenvalue weighted by Crippen LogP contribution is 2.60. The minimum atomic E-state index is -3.80. The topological polar surface area (TPSA) is 134 Å². The lowest BCUT2D eigenvalue weighted by Crippen LogP contribution is -2.15. The number of rotatable bonds is 8. The van der Waals surface area contributed by atoms with Crippen LogP contribution in [0.15, 0.2) is 12.1 Å². The largest absolute Gasteiger partial charge is 0.504 e. The maximum atomic E-state index is 12.7. The van der Waals surface area contributed by atoms with Gasteiger partial charge in [0.2, 0.25) is 0 Å². The third-order valence-corrected chi connectivity index (χ3v) is 4.99. The van der Waals surface area contributed by atoms with E-state index in [0.29, 0.717) is 0 Å². The molecule has 1 rings (SSSR count). The molecule has 0 unspecified atom stereocenters. The molecule has 0 aliphatic rings. The number of nitrogens with zero attached hydrogens (tertiary/aromatic N) is 1. The summed E-state index contributed by atoms with van der Waals surface area (Å²) in [4.78, 5) is 10.3. The summed E-state index contributed by atoms with van der Waals surface area (Å²) >= 11 is 0. The molecule has 10 heteroatoms. The monoisotopic (exact) mass is 334 g/mol. The normalized spacial score (nSPS) is 12.9. The highest BCUT2D eigenvalue weighted by molar-refractivity contribution is 7.54. The number of phenolic OH excluding ortho intramolecular Hbond substituents is 1. The van der Waals surface area contributed by atoms with Crippen molar-refractivity contribution in [2.75, 3.05) is 20.3 Å². The van der Waals surface area contributed by atoms with Crippen LogP contribution in [0.2, 0.25) is 0 Å². The summed E-state index contributed by atoms with van der Waals surface area (Å²) in [5, 5.41) is 21.1. The molecule has 0 aromatic heterocycles. The third-order valence-electron chi connectivity index (χ3n) is 2.80. The van der Waals surface area contributed by atoms with Crippen LogP contribution in [0, 0.1) is 10.1 Å². The molecule has 1 atom stereocenters. The van der Waals surface area contributed by atoms with Crippen LogP contribution in [0.5, 0.6) is 11.5 Å². The maximum Gasteiger partial charge on any atom is 0.351 e. The van der Waals surface area contributed by atoms with Crippen molar-refractivity contribution in [3.8, 4) is 11.5 Å². The van der Waals surface area contributed by atoms with Crippen LogP contribution in [0.4, 0.5) is 5.69 Å². The first kappa shape index (κ1) is 18.4. The van der Waals surface area contributed by atoms with E-state index in [1.165, 1.54) is 7.11 Å². The molecule has 0 amide bonds. The Balaban J connectivity index is 3.42. The number of methoxy groups -OCH3 is 1. The molecule has 0 saturated carbocycles. The number of aromatic hydroxyl groups is 1. The standard InChI is InChI=1S/C12H19N2O7P/c1-4-20-22(18,21-5-2)12(13)9-6-8(14(16)17)7-10(19-3)11(9)15/h6-7,12,15H,4-5,13H2,1-3H3/t12-/m1/s1. The quantitative estimate of drug-likeness (QED) is 0.421. The first-order valence-electron chi connectivity index (χ1n) is 6.50. The molecular formula is C12H19N2O7P. The van der Waals surface area contributed by atoms with E-state index < -0.39 is 24.1 Å². The summed E-state index contributed by atoms with van der Waals surface area (Å²) in [7, 11) is -2.57. The van der Waals surface area contributed by atoms with E-state index in [1.807, 2.05) is 0 Å². The third kappa shape index (κ3) is 3.75. The van der Waals surface area contributed by atoms with Crippen LogP contribution >= 0.6 is 7.60 Å². The molecule has 22 heavy (non-hydrogen) atoms. The van der Waals surface area contributed by atoms with Crippen LogP contribution in [-0.4, -0.2) is 30.4 Å². The zero-order valence-electron chi connectivity index (χ0n) is 12.5. The summed E-state index contributed by atoms with van der Waals surface area (Å²) < 4.78 is 27.7. The Bertz CT molecular complexity index is 583. The molecule has 0 fully saturated rings. The van der Waals surface area contributed by atoms with E-state index in [9.17, 15) is 19.8 Å². The lowest BCUT2D eigenvalue weighted by molar-refractivity contribution is -0.385. The van der Waals surface area contributed by atoms with Crippen molar-refractivity contribution in [2.24, 2.45) is 5.73 Å². The van der Waals surface area contributed by atoms with Crippen molar-refractivity contribution in [3.05, 3.63) is 27.8 Å². The Morgan fingerprint density at radius 3 is 2.32 bits per heavy atom. The molecule has 124 valence electrons. The van der Waals surface area contributed by atoms with Crippen molar-refractivity contribution in [3.63, 3.8) is 0 Å². The minimum Gasteiger partial charge on any atom is -0.504 e. The van der Waals surface area contributed by atoms with Crippen molar-refractivity contribution < 1.29 is 28.4 Å². The molecule has 0 heterocycles. The number of ether oxygens (including phenoxy) is 1. The van der Waals surface area contributed by atoms with Gasteiger partial charge in [-0.25, -0.2) is 0 Å². The van der Waals surface area contributed by atoms with Gasteiger partial charge in [0.1, 0.15) is 5.78 Å². The Hall–Kier alpha value is -1.67. The second kappa shape index (κ2) is 7.55. The van der Waals surface area contributed by atoms with Gasteiger partial charge in [0.05, 0.1) is 31.3 Å².